The van der Waals surface area contributed by atoms with E-state index < -0.39 is 0 Å². The molecular weight excluding hydrogens is 230 g/mol. The van der Waals surface area contributed by atoms with Gasteiger partial charge in [-0.15, -0.1) is 0 Å². The second-order valence-electron chi connectivity index (χ2n) is 4.77. The third kappa shape index (κ3) is 4.35. The van der Waals surface area contributed by atoms with Crippen LogP contribution in [0, 0.1) is 0 Å². The molecule has 1 aliphatic carbocycles. The summed E-state index contributed by atoms with van der Waals surface area (Å²) < 4.78 is 0. The van der Waals surface area contributed by atoms with E-state index in [0.29, 0.717) is 12.6 Å². The zero-order chi connectivity index (χ0) is 12.6. The molecule has 1 aliphatic rings. The van der Waals surface area contributed by atoms with Crippen molar-refractivity contribution < 1.29 is 4.79 Å². The van der Waals surface area contributed by atoms with Gasteiger partial charge in [0.05, 0.1) is 0 Å². The number of H-pyrrole nitrogens is 1. The highest BCUT2D eigenvalue weighted by molar-refractivity contribution is 5.74. The Hall–Kier alpha value is -1.59. The number of hydrogen-bond acceptors (Lipinski definition) is 3. The number of carbonyl (C=O) groups excluding carboxylic acids is 1. The highest BCUT2D eigenvalue weighted by atomic mass is 16.2. The minimum atomic E-state index is -0.0422. The lowest BCUT2D eigenvalue weighted by molar-refractivity contribution is 0.232. The van der Waals surface area contributed by atoms with Gasteiger partial charge in [-0.3, -0.25) is 5.10 Å². The van der Waals surface area contributed by atoms with Crippen LogP contribution in [0.15, 0.2) is 6.33 Å². The van der Waals surface area contributed by atoms with Crippen LogP contribution in [0.3, 0.4) is 0 Å². The minimum Gasteiger partial charge on any atom is -0.338 e. The maximum Gasteiger partial charge on any atom is 0.315 e. The monoisotopic (exact) mass is 251 g/mol. The Morgan fingerprint density at radius 1 is 1.39 bits per heavy atom. The van der Waals surface area contributed by atoms with Crippen LogP contribution < -0.4 is 10.6 Å². The molecule has 1 saturated carbocycles. The lowest BCUT2D eigenvalue weighted by atomic mass is 9.96. The second-order valence-corrected chi connectivity index (χ2v) is 4.77. The number of aromatic nitrogens is 3. The van der Waals surface area contributed by atoms with Crippen LogP contribution >= 0.6 is 0 Å². The number of rotatable bonds is 5. The lowest BCUT2D eigenvalue weighted by Crippen LogP contribution is -2.43. The van der Waals surface area contributed by atoms with E-state index in [-0.39, 0.29) is 6.03 Å². The topological polar surface area (TPSA) is 82.7 Å². The van der Waals surface area contributed by atoms with Crippen LogP contribution in [0.1, 0.15) is 44.3 Å². The molecule has 1 heterocycles. The van der Waals surface area contributed by atoms with Crippen LogP contribution in [0.4, 0.5) is 4.79 Å². The third-order valence-electron chi connectivity index (χ3n) is 3.28. The average molecular weight is 251 g/mol. The summed E-state index contributed by atoms with van der Waals surface area (Å²) in [5, 5.41) is 12.5. The summed E-state index contributed by atoms with van der Waals surface area (Å²) >= 11 is 0. The summed E-state index contributed by atoms with van der Waals surface area (Å²) in [6, 6.07) is 0.326. The molecule has 0 atom stereocenters. The largest absolute Gasteiger partial charge is 0.338 e. The van der Waals surface area contributed by atoms with Crippen molar-refractivity contribution in [2.75, 3.05) is 6.54 Å². The average Bonchev–Trinajstić information content (AvgIpc) is 2.89. The van der Waals surface area contributed by atoms with E-state index >= 15 is 0 Å². The smallest absolute Gasteiger partial charge is 0.315 e. The Morgan fingerprint density at radius 2 is 2.22 bits per heavy atom. The molecule has 2 rings (SSSR count). The molecule has 6 nitrogen and oxygen atoms in total. The van der Waals surface area contributed by atoms with Crippen LogP contribution in [0.25, 0.3) is 0 Å². The van der Waals surface area contributed by atoms with Crippen molar-refractivity contribution >= 4 is 6.03 Å². The van der Waals surface area contributed by atoms with Gasteiger partial charge < -0.3 is 10.6 Å². The van der Waals surface area contributed by atoms with Crippen molar-refractivity contribution in [1.29, 1.82) is 0 Å². The van der Waals surface area contributed by atoms with Gasteiger partial charge in [0.1, 0.15) is 12.2 Å². The summed E-state index contributed by atoms with van der Waals surface area (Å²) in [6.07, 6.45) is 9.18. The molecule has 0 aromatic carbocycles. The first-order valence-corrected chi connectivity index (χ1v) is 6.73. The van der Waals surface area contributed by atoms with E-state index in [1.165, 1.54) is 25.6 Å². The first kappa shape index (κ1) is 12.9. The molecule has 0 bridgehead atoms. The Morgan fingerprint density at radius 3 is 2.94 bits per heavy atom. The molecule has 0 unspecified atom stereocenters. The molecule has 3 N–H and O–H groups in total. The summed E-state index contributed by atoms with van der Waals surface area (Å²) in [4.78, 5) is 15.6. The number of nitrogens with one attached hydrogen (secondary N) is 3. The number of urea groups is 1. The van der Waals surface area contributed by atoms with Crippen molar-refractivity contribution in [3.05, 3.63) is 12.2 Å². The number of amides is 2. The van der Waals surface area contributed by atoms with Gasteiger partial charge in [-0.05, 0) is 19.3 Å². The molecule has 1 aromatic rings. The van der Waals surface area contributed by atoms with Gasteiger partial charge in [-0.25, -0.2) is 9.78 Å². The highest BCUT2D eigenvalue weighted by Gasteiger charge is 2.14. The van der Waals surface area contributed by atoms with Crippen LogP contribution in [-0.2, 0) is 6.42 Å². The zero-order valence-corrected chi connectivity index (χ0v) is 10.6. The van der Waals surface area contributed by atoms with Gasteiger partial charge in [0, 0.05) is 19.0 Å². The Bertz CT molecular complexity index is 345. The fourth-order valence-electron chi connectivity index (χ4n) is 2.29. The van der Waals surface area contributed by atoms with Gasteiger partial charge in [0.2, 0.25) is 0 Å². The van der Waals surface area contributed by atoms with Gasteiger partial charge in [-0.2, -0.15) is 5.10 Å². The van der Waals surface area contributed by atoms with E-state index in [1.807, 2.05) is 0 Å². The van der Waals surface area contributed by atoms with E-state index in [2.05, 4.69) is 25.8 Å². The maximum atomic E-state index is 11.6. The molecule has 0 radical (unpaired) electrons. The first-order chi connectivity index (χ1) is 8.84. The maximum absolute atomic E-state index is 11.6. The standard InChI is InChI=1S/C12H21N5O/c18-12(16-10-5-2-1-3-6-10)13-8-4-7-11-14-9-15-17-11/h9-10H,1-8H2,(H2,13,16,18)(H,14,15,17). The van der Waals surface area contributed by atoms with Crippen molar-refractivity contribution in [2.24, 2.45) is 0 Å². The number of carbonyl (C=O) groups is 1. The van der Waals surface area contributed by atoms with Crippen LogP contribution in [0.2, 0.25) is 0 Å². The first-order valence-electron chi connectivity index (χ1n) is 6.73. The zero-order valence-electron chi connectivity index (χ0n) is 10.6. The van der Waals surface area contributed by atoms with Gasteiger partial charge in [0.15, 0.2) is 0 Å². The van der Waals surface area contributed by atoms with Gasteiger partial charge in [-0.1, -0.05) is 19.3 Å². The summed E-state index contributed by atoms with van der Waals surface area (Å²) in [5.74, 6) is 0.865. The second kappa shape index (κ2) is 6.98. The molecule has 1 fully saturated rings. The molecule has 1 aromatic heterocycles. The molecular formula is C12H21N5O. The van der Waals surface area contributed by atoms with Crippen LogP contribution in [-0.4, -0.2) is 33.8 Å². The third-order valence-corrected chi connectivity index (χ3v) is 3.28. The normalized spacial score (nSPS) is 16.4. The number of hydrogen-bond donors (Lipinski definition) is 3. The van der Waals surface area contributed by atoms with Crippen molar-refractivity contribution in [1.82, 2.24) is 25.8 Å². The van der Waals surface area contributed by atoms with Gasteiger partial charge in [0.25, 0.3) is 0 Å². The van der Waals surface area contributed by atoms with E-state index in [4.69, 9.17) is 0 Å². The fourth-order valence-corrected chi connectivity index (χ4v) is 2.29. The quantitative estimate of drug-likeness (QED) is 0.691. The molecule has 0 aliphatic heterocycles. The fraction of sp³-hybridized carbons (Fsp3) is 0.750. The summed E-state index contributed by atoms with van der Waals surface area (Å²) in [6.45, 7) is 0.666. The van der Waals surface area contributed by atoms with E-state index in [9.17, 15) is 4.79 Å². The Labute approximate surface area is 107 Å². The van der Waals surface area contributed by atoms with Gasteiger partial charge >= 0.3 is 6.03 Å². The highest BCUT2D eigenvalue weighted by Crippen LogP contribution is 2.17. The summed E-state index contributed by atoms with van der Waals surface area (Å²) in [7, 11) is 0. The predicted octanol–water partition coefficient (Wildman–Crippen LogP) is 1.37. The number of aromatic amines is 1. The van der Waals surface area contributed by atoms with E-state index in [1.54, 1.807) is 0 Å². The van der Waals surface area contributed by atoms with Crippen molar-refractivity contribution in [2.45, 2.75) is 51.0 Å². The van der Waals surface area contributed by atoms with E-state index in [0.717, 1.165) is 31.5 Å². The lowest BCUT2D eigenvalue weighted by Gasteiger charge is -2.22. The minimum absolute atomic E-state index is 0.0422. The van der Waals surface area contributed by atoms with Crippen molar-refractivity contribution in [3.63, 3.8) is 0 Å². The SMILES string of the molecule is O=C(NCCCc1ncn[nH]1)NC1CCCCC1. The Balaban J connectivity index is 1.54. The molecule has 6 heteroatoms. The summed E-state index contributed by atoms with van der Waals surface area (Å²) in [5.41, 5.74) is 0. The Kier molecular flexibility index (Phi) is 4.99. The predicted molar refractivity (Wildman–Crippen MR) is 68.1 cm³/mol. The molecule has 18 heavy (non-hydrogen) atoms. The molecule has 0 saturated heterocycles. The number of aryl methyl sites for hydroxylation is 1. The molecule has 100 valence electrons. The molecule has 2 amide bonds. The van der Waals surface area contributed by atoms with Crippen LogP contribution in [0.5, 0.6) is 0 Å². The number of nitrogens with zero attached hydrogens (tertiary/aromatic N) is 2. The molecule has 0 spiro atoms. The van der Waals surface area contributed by atoms with Crippen molar-refractivity contribution in [3.8, 4) is 0 Å².